The summed E-state index contributed by atoms with van der Waals surface area (Å²) in [6.07, 6.45) is 1.59. The molecule has 8 heteroatoms. The predicted molar refractivity (Wildman–Crippen MR) is 112 cm³/mol. The van der Waals surface area contributed by atoms with Gasteiger partial charge in [0.05, 0.1) is 12.0 Å². The standard InChI is InChI=1S/C21H20N2O5S/c1-12-4-6-15(13(2)8-12)22-19(24)11-28-16-7-5-14(9-17(16)27-3)10-18-20(25)23-21(26)29-18/h4-10H,11H2,1-3H3,(H,22,24)(H,23,25,26)/b18-10-. The van der Waals surface area contributed by atoms with E-state index >= 15 is 0 Å². The fourth-order valence-corrected chi connectivity index (χ4v) is 3.43. The highest BCUT2D eigenvalue weighted by Crippen LogP contribution is 2.31. The number of thioether (sulfide) groups is 1. The molecular weight excluding hydrogens is 392 g/mol. The minimum absolute atomic E-state index is 0.184. The van der Waals surface area contributed by atoms with E-state index in [2.05, 4.69) is 10.6 Å². The molecule has 1 aliphatic heterocycles. The Morgan fingerprint density at radius 2 is 1.93 bits per heavy atom. The minimum atomic E-state index is -0.428. The predicted octanol–water partition coefficient (Wildman–Crippen LogP) is 3.65. The van der Waals surface area contributed by atoms with E-state index in [9.17, 15) is 14.4 Å². The molecule has 0 saturated carbocycles. The Bertz CT molecular complexity index is 1020. The summed E-state index contributed by atoms with van der Waals surface area (Å²) in [5.74, 6) is 0.0866. The van der Waals surface area contributed by atoms with Gasteiger partial charge in [0, 0.05) is 5.69 Å². The Kier molecular flexibility index (Phi) is 6.23. The number of rotatable bonds is 6. The highest BCUT2D eigenvalue weighted by atomic mass is 32.2. The van der Waals surface area contributed by atoms with Crippen LogP contribution in [-0.4, -0.2) is 30.8 Å². The molecule has 0 spiro atoms. The maximum Gasteiger partial charge on any atom is 0.290 e. The summed E-state index contributed by atoms with van der Waals surface area (Å²) in [4.78, 5) is 35.4. The zero-order chi connectivity index (χ0) is 21.0. The summed E-state index contributed by atoms with van der Waals surface area (Å²) in [5.41, 5.74) is 3.50. The smallest absolute Gasteiger partial charge is 0.290 e. The molecule has 3 amide bonds. The number of benzene rings is 2. The fraction of sp³-hybridized carbons (Fsp3) is 0.190. The molecule has 2 aromatic carbocycles. The largest absolute Gasteiger partial charge is 0.493 e. The maximum absolute atomic E-state index is 12.2. The van der Waals surface area contributed by atoms with Gasteiger partial charge in [-0.2, -0.15) is 0 Å². The molecule has 7 nitrogen and oxygen atoms in total. The van der Waals surface area contributed by atoms with Crippen LogP contribution >= 0.6 is 11.8 Å². The van der Waals surface area contributed by atoms with Gasteiger partial charge in [-0.05, 0) is 61.0 Å². The minimum Gasteiger partial charge on any atom is -0.493 e. The topological polar surface area (TPSA) is 93.7 Å². The van der Waals surface area contributed by atoms with Crippen molar-refractivity contribution in [2.75, 3.05) is 19.0 Å². The maximum atomic E-state index is 12.2. The van der Waals surface area contributed by atoms with Crippen molar-refractivity contribution < 1.29 is 23.9 Å². The molecule has 0 bridgehead atoms. The normalized spacial score (nSPS) is 14.7. The molecule has 1 saturated heterocycles. The van der Waals surface area contributed by atoms with Gasteiger partial charge in [0.2, 0.25) is 0 Å². The quantitative estimate of drug-likeness (QED) is 0.704. The molecule has 0 aliphatic carbocycles. The van der Waals surface area contributed by atoms with Gasteiger partial charge in [0.25, 0.3) is 17.1 Å². The van der Waals surface area contributed by atoms with Gasteiger partial charge in [0.1, 0.15) is 0 Å². The van der Waals surface area contributed by atoms with Gasteiger partial charge >= 0.3 is 0 Å². The molecule has 1 heterocycles. The highest BCUT2D eigenvalue weighted by Gasteiger charge is 2.25. The number of imide groups is 1. The van der Waals surface area contributed by atoms with Crippen molar-refractivity contribution >= 4 is 40.6 Å². The number of hydrogen-bond acceptors (Lipinski definition) is 6. The van der Waals surface area contributed by atoms with Crippen LogP contribution in [0.3, 0.4) is 0 Å². The lowest BCUT2D eigenvalue weighted by Gasteiger charge is -2.13. The Morgan fingerprint density at radius 1 is 1.14 bits per heavy atom. The molecule has 1 aliphatic rings. The van der Waals surface area contributed by atoms with Crippen LogP contribution in [0.25, 0.3) is 6.08 Å². The summed E-state index contributed by atoms with van der Waals surface area (Å²) in [6, 6.07) is 10.8. The molecule has 0 radical (unpaired) electrons. The van der Waals surface area contributed by atoms with E-state index in [4.69, 9.17) is 9.47 Å². The number of nitrogens with one attached hydrogen (secondary N) is 2. The van der Waals surface area contributed by atoms with Crippen molar-refractivity contribution in [1.82, 2.24) is 5.32 Å². The van der Waals surface area contributed by atoms with Crippen LogP contribution in [0.15, 0.2) is 41.3 Å². The SMILES string of the molecule is COc1cc(/C=C2\SC(=O)NC2=O)ccc1OCC(=O)Nc1ccc(C)cc1C. The first-order valence-electron chi connectivity index (χ1n) is 8.78. The second-order valence-electron chi connectivity index (χ2n) is 6.42. The van der Waals surface area contributed by atoms with Crippen LogP contribution in [0.5, 0.6) is 11.5 Å². The third kappa shape index (κ3) is 5.17. The zero-order valence-electron chi connectivity index (χ0n) is 16.2. The van der Waals surface area contributed by atoms with Gasteiger partial charge in [0.15, 0.2) is 18.1 Å². The van der Waals surface area contributed by atoms with Gasteiger partial charge in [-0.25, -0.2) is 0 Å². The number of anilines is 1. The fourth-order valence-electron chi connectivity index (χ4n) is 2.75. The average molecular weight is 412 g/mol. The van der Waals surface area contributed by atoms with Gasteiger partial charge in [-0.15, -0.1) is 0 Å². The van der Waals surface area contributed by atoms with Gasteiger partial charge in [-0.3, -0.25) is 19.7 Å². The molecule has 0 atom stereocenters. The summed E-state index contributed by atoms with van der Waals surface area (Å²) < 4.78 is 10.9. The van der Waals surface area contributed by atoms with Crippen LogP contribution in [0.4, 0.5) is 10.5 Å². The summed E-state index contributed by atoms with van der Waals surface area (Å²) >= 11 is 0.840. The van der Waals surface area contributed by atoms with E-state index in [1.54, 1.807) is 24.3 Å². The lowest BCUT2D eigenvalue weighted by Crippen LogP contribution is -2.20. The molecule has 150 valence electrons. The van der Waals surface area contributed by atoms with Crippen molar-refractivity contribution in [2.24, 2.45) is 0 Å². The first-order chi connectivity index (χ1) is 13.9. The third-order valence-corrected chi connectivity index (χ3v) is 4.95. The van der Waals surface area contributed by atoms with E-state index in [1.165, 1.54) is 7.11 Å². The number of hydrogen-bond donors (Lipinski definition) is 2. The van der Waals surface area contributed by atoms with Crippen LogP contribution in [0, 0.1) is 13.8 Å². The number of methoxy groups -OCH3 is 1. The van der Waals surface area contributed by atoms with Crippen LogP contribution in [-0.2, 0) is 9.59 Å². The first kappa shape index (κ1) is 20.5. The Balaban J connectivity index is 1.66. The molecule has 2 N–H and O–H groups in total. The molecule has 29 heavy (non-hydrogen) atoms. The van der Waals surface area contributed by atoms with E-state index in [-0.39, 0.29) is 12.5 Å². The van der Waals surface area contributed by atoms with Crippen molar-refractivity contribution in [2.45, 2.75) is 13.8 Å². The van der Waals surface area contributed by atoms with E-state index in [1.807, 2.05) is 32.0 Å². The van der Waals surface area contributed by atoms with E-state index < -0.39 is 11.1 Å². The molecule has 2 aromatic rings. The first-order valence-corrected chi connectivity index (χ1v) is 9.60. The van der Waals surface area contributed by atoms with Crippen LogP contribution in [0.2, 0.25) is 0 Å². The summed E-state index contributed by atoms with van der Waals surface area (Å²) in [5, 5.41) is 4.62. The zero-order valence-corrected chi connectivity index (χ0v) is 17.0. The van der Waals surface area contributed by atoms with Crippen molar-refractivity contribution in [3.63, 3.8) is 0 Å². The molecule has 0 aromatic heterocycles. The number of carbonyl (C=O) groups is 3. The molecule has 1 fully saturated rings. The van der Waals surface area contributed by atoms with Gasteiger partial charge < -0.3 is 14.8 Å². The van der Waals surface area contributed by atoms with E-state index in [0.717, 1.165) is 28.6 Å². The Hall–Kier alpha value is -3.26. The number of carbonyl (C=O) groups excluding carboxylic acids is 3. The lowest BCUT2D eigenvalue weighted by atomic mass is 10.1. The van der Waals surface area contributed by atoms with Crippen molar-refractivity contribution in [3.05, 3.63) is 58.0 Å². The molecular formula is C21H20N2O5S. The highest BCUT2D eigenvalue weighted by molar-refractivity contribution is 8.18. The Morgan fingerprint density at radius 3 is 2.59 bits per heavy atom. The van der Waals surface area contributed by atoms with Gasteiger partial charge in [-0.1, -0.05) is 23.8 Å². The number of aryl methyl sites for hydroxylation is 2. The monoisotopic (exact) mass is 412 g/mol. The van der Waals surface area contributed by atoms with Crippen molar-refractivity contribution in [1.29, 1.82) is 0 Å². The summed E-state index contributed by atoms with van der Waals surface area (Å²) in [7, 11) is 1.48. The van der Waals surface area contributed by atoms with Crippen molar-refractivity contribution in [3.8, 4) is 11.5 Å². The average Bonchev–Trinajstić information content (AvgIpc) is 2.99. The number of amides is 3. The second kappa shape index (κ2) is 8.83. The summed E-state index contributed by atoms with van der Waals surface area (Å²) in [6.45, 7) is 3.73. The molecule has 3 rings (SSSR count). The number of ether oxygens (including phenoxy) is 2. The van der Waals surface area contributed by atoms with Crippen LogP contribution in [0.1, 0.15) is 16.7 Å². The Labute approximate surface area is 172 Å². The second-order valence-corrected chi connectivity index (χ2v) is 7.43. The van der Waals surface area contributed by atoms with Crippen LogP contribution < -0.4 is 20.1 Å². The lowest BCUT2D eigenvalue weighted by molar-refractivity contribution is -0.118. The third-order valence-electron chi connectivity index (χ3n) is 4.14. The molecule has 0 unspecified atom stereocenters. The van der Waals surface area contributed by atoms with E-state index in [0.29, 0.717) is 22.0 Å².